The molecule has 0 unspecified atom stereocenters. The number of hydrogen-bond donors (Lipinski definition) is 1. The predicted molar refractivity (Wildman–Crippen MR) is 76.4 cm³/mol. The SMILES string of the molecule is Cc1ccc(OCc2cnn(C)c2)c(CNC2CC2)n1. The third kappa shape index (κ3) is 3.36. The molecule has 5 nitrogen and oxygen atoms in total. The minimum atomic E-state index is 0.523. The van der Waals surface area contributed by atoms with Crippen LogP contribution in [0.3, 0.4) is 0 Å². The van der Waals surface area contributed by atoms with E-state index in [0.717, 1.165) is 29.2 Å². The van der Waals surface area contributed by atoms with E-state index in [1.54, 1.807) is 4.68 Å². The van der Waals surface area contributed by atoms with Gasteiger partial charge in [0.1, 0.15) is 12.4 Å². The number of aromatic nitrogens is 3. The van der Waals surface area contributed by atoms with Gasteiger partial charge in [0.05, 0.1) is 11.9 Å². The second-order valence-electron chi connectivity index (χ2n) is 5.36. The Kier molecular flexibility index (Phi) is 3.69. The van der Waals surface area contributed by atoms with Crippen molar-refractivity contribution < 1.29 is 4.74 Å². The molecule has 0 spiro atoms. The van der Waals surface area contributed by atoms with E-state index in [2.05, 4.69) is 15.4 Å². The largest absolute Gasteiger partial charge is 0.487 e. The van der Waals surface area contributed by atoms with Gasteiger partial charge in [-0.2, -0.15) is 5.10 Å². The monoisotopic (exact) mass is 272 g/mol. The highest BCUT2D eigenvalue weighted by atomic mass is 16.5. The quantitative estimate of drug-likeness (QED) is 0.873. The summed E-state index contributed by atoms with van der Waals surface area (Å²) in [6, 6.07) is 4.66. The molecule has 1 aliphatic rings. The van der Waals surface area contributed by atoms with Crippen LogP contribution in [0.1, 0.15) is 29.8 Å². The highest BCUT2D eigenvalue weighted by Gasteiger charge is 2.21. The summed E-state index contributed by atoms with van der Waals surface area (Å²) in [6.45, 7) is 3.30. The van der Waals surface area contributed by atoms with E-state index in [4.69, 9.17) is 4.74 Å². The van der Waals surface area contributed by atoms with Crippen molar-refractivity contribution >= 4 is 0 Å². The predicted octanol–water partition coefficient (Wildman–Crippen LogP) is 1.95. The molecular weight excluding hydrogens is 252 g/mol. The van der Waals surface area contributed by atoms with Gasteiger partial charge in [-0.3, -0.25) is 9.67 Å². The number of pyridine rings is 1. The maximum Gasteiger partial charge on any atom is 0.142 e. The van der Waals surface area contributed by atoms with Crippen LogP contribution in [0.4, 0.5) is 0 Å². The number of nitrogens with one attached hydrogen (secondary N) is 1. The topological polar surface area (TPSA) is 52.0 Å². The zero-order chi connectivity index (χ0) is 13.9. The second kappa shape index (κ2) is 5.63. The molecule has 1 N–H and O–H groups in total. The van der Waals surface area contributed by atoms with E-state index in [1.807, 2.05) is 38.5 Å². The van der Waals surface area contributed by atoms with Crippen molar-refractivity contribution in [3.05, 3.63) is 41.5 Å². The molecular formula is C15H20N4O. The molecule has 0 amide bonds. The lowest BCUT2D eigenvalue weighted by Gasteiger charge is -2.11. The van der Waals surface area contributed by atoms with Crippen LogP contribution in [-0.2, 0) is 20.2 Å². The molecule has 2 aromatic rings. The summed E-state index contributed by atoms with van der Waals surface area (Å²) in [4.78, 5) is 4.58. The van der Waals surface area contributed by atoms with Crippen molar-refractivity contribution in [1.29, 1.82) is 0 Å². The molecule has 20 heavy (non-hydrogen) atoms. The van der Waals surface area contributed by atoms with E-state index in [0.29, 0.717) is 12.6 Å². The molecule has 106 valence electrons. The van der Waals surface area contributed by atoms with Crippen LogP contribution in [0.15, 0.2) is 24.5 Å². The Labute approximate surface area is 119 Å². The minimum absolute atomic E-state index is 0.523. The number of rotatable bonds is 6. The first-order chi connectivity index (χ1) is 9.70. The van der Waals surface area contributed by atoms with Gasteiger partial charge in [0.25, 0.3) is 0 Å². The number of ether oxygens (including phenoxy) is 1. The zero-order valence-electron chi connectivity index (χ0n) is 12.0. The number of nitrogens with zero attached hydrogens (tertiary/aromatic N) is 3. The third-order valence-corrected chi connectivity index (χ3v) is 3.36. The maximum absolute atomic E-state index is 5.89. The summed E-state index contributed by atoms with van der Waals surface area (Å²) in [5.41, 5.74) is 3.07. The van der Waals surface area contributed by atoms with Gasteiger partial charge in [-0.15, -0.1) is 0 Å². The fourth-order valence-corrected chi connectivity index (χ4v) is 2.09. The average molecular weight is 272 g/mol. The molecule has 2 heterocycles. The smallest absolute Gasteiger partial charge is 0.142 e. The van der Waals surface area contributed by atoms with Gasteiger partial charge in [0.2, 0.25) is 0 Å². The molecule has 3 rings (SSSR count). The summed E-state index contributed by atoms with van der Waals surface area (Å²) < 4.78 is 7.67. The molecule has 1 saturated carbocycles. The van der Waals surface area contributed by atoms with Crippen LogP contribution in [0.2, 0.25) is 0 Å². The van der Waals surface area contributed by atoms with Crippen LogP contribution in [0, 0.1) is 6.92 Å². The van der Waals surface area contributed by atoms with Gasteiger partial charge in [-0.25, -0.2) is 0 Å². The lowest BCUT2D eigenvalue weighted by Crippen LogP contribution is -2.17. The van der Waals surface area contributed by atoms with E-state index in [1.165, 1.54) is 12.8 Å². The second-order valence-corrected chi connectivity index (χ2v) is 5.36. The maximum atomic E-state index is 5.89. The van der Waals surface area contributed by atoms with Crippen LogP contribution < -0.4 is 10.1 Å². The molecule has 0 atom stereocenters. The molecule has 1 aliphatic carbocycles. The van der Waals surface area contributed by atoms with Crippen molar-refractivity contribution in [2.45, 2.75) is 39.0 Å². The Hall–Kier alpha value is -1.88. The Bertz CT molecular complexity index is 589. The van der Waals surface area contributed by atoms with Gasteiger partial charge in [-0.1, -0.05) is 0 Å². The van der Waals surface area contributed by atoms with E-state index < -0.39 is 0 Å². The Morgan fingerprint density at radius 3 is 2.95 bits per heavy atom. The number of hydrogen-bond acceptors (Lipinski definition) is 4. The van der Waals surface area contributed by atoms with Gasteiger partial charge in [-0.05, 0) is 31.9 Å². The fraction of sp³-hybridized carbons (Fsp3) is 0.467. The Morgan fingerprint density at radius 2 is 2.25 bits per heavy atom. The molecule has 5 heteroatoms. The van der Waals surface area contributed by atoms with Crippen LogP contribution in [-0.4, -0.2) is 20.8 Å². The van der Waals surface area contributed by atoms with Crippen molar-refractivity contribution in [2.75, 3.05) is 0 Å². The van der Waals surface area contributed by atoms with Crippen molar-refractivity contribution in [3.63, 3.8) is 0 Å². The average Bonchev–Trinajstić information content (AvgIpc) is 3.17. The summed E-state index contributed by atoms with van der Waals surface area (Å²) >= 11 is 0. The molecule has 2 aromatic heterocycles. The normalized spacial score (nSPS) is 14.5. The van der Waals surface area contributed by atoms with Crippen LogP contribution >= 0.6 is 0 Å². The van der Waals surface area contributed by atoms with E-state index in [9.17, 15) is 0 Å². The number of aryl methyl sites for hydroxylation is 2. The zero-order valence-corrected chi connectivity index (χ0v) is 12.0. The summed E-state index contributed by atoms with van der Waals surface area (Å²) in [6.07, 6.45) is 6.34. The van der Waals surface area contributed by atoms with Gasteiger partial charge >= 0.3 is 0 Å². The summed E-state index contributed by atoms with van der Waals surface area (Å²) in [5, 5.41) is 7.63. The first-order valence-electron chi connectivity index (χ1n) is 7.01. The van der Waals surface area contributed by atoms with Crippen LogP contribution in [0.25, 0.3) is 0 Å². The molecule has 1 fully saturated rings. The van der Waals surface area contributed by atoms with Gasteiger partial charge < -0.3 is 10.1 Å². The first-order valence-corrected chi connectivity index (χ1v) is 7.01. The lowest BCUT2D eigenvalue weighted by atomic mass is 10.2. The highest BCUT2D eigenvalue weighted by molar-refractivity contribution is 5.29. The van der Waals surface area contributed by atoms with Gasteiger partial charge in [0, 0.05) is 37.1 Å². The summed E-state index contributed by atoms with van der Waals surface area (Å²) in [7, 11) is 1.90. The third-order valence-electron chi connectivity index (χ3n) is 3.36. The highest BCUT2D eigenvalue weighted by Crippen LogP contribution is 2.22. The fourth-order valence-electron chi connectivity index (χ4n) is 2.09. The van der Waals surface area contributed by atoms with E-state index in [-0.39, 0.29) is 0 Å². The molecule has 0 aliphatic heterocycles. The summed E-state index contributed by atoms with van der Waals surface area (Å²) in [5.74, 6) is 0.854. The Morgan fingerprint density at radius 1 is 1.40 bits per heavy atom. The standard InChI is InChI=1S/C15H20N4O/c1-11-3-6-15(14(18-11)8-16-13-4-5-13)20-10-12-7-17-19(2)9-12/h3,6-7,9,13,16H,4-5,8,10H2,1-2H3. The van der Waals surface area contributed by atoms with Crippen molar-refractivity contribution in [2.24, 2.45) is 7.05 Å². The van der Waals surface area contributed by atoms with Crippen molar-refractivity contribution in [1.82, 2.24) is 20.1 Å². The molecule has 0 saturated heterocycles. The first kappa shape index (κ1) is 13.1. The minimum Gasteiger partial charge on any atom is -0.487 e. The van der Waals surface area contributed by atoms with Gasteiger partial charge in [0.15, 0.2) is 0 Å². The van der Waals surface area contributed by atoms with E-state index >= 15 is 0 Å². The lowest BCUT2D eigenvalue weighted by molar-refractivity contribution is 0.300. The molecule has 0 aromatic carbocycles. The molecule has 0 bridgehead atoms. The molecule has 0 radical (unpaired) electrons. The van der Waals surface area contributed by atoms with Crippen LogP contribution in [0.5, 0.6) is 5.75 Å². The van der Waals surface area contributed by atoms with Crippen molar-refractivity contribution in [3.8, 4) is 5.75 Å². The Balaban J connectivity index is 1.66.